The molecule has 3 aromatic heterocycles. The van der Waals surface area contributed by atoms with E-state index in [-0.39, 0.29) is 27.8 Å². The van der Waals surface area contributed by atoms with Crippen LogP contribution in [0.1, 0.15) is 24.1 Å². The number of benzene rings is 1. The Balaban J connectivity index is 1.55. The Bertz CT molecular complexity index is 1570. The molecule has 5 rings (SSSR count). The standard InChI is InChI=1S/C22H19Cl2FN10O/c23-10-1-3-14(34(28)9-29-27)12(7-10)13-8-18(36)35-15(4-6-17(35)30-13)22-32-19(20(24)33-22)11-2-5-16(26)31-21(11)25/h1-3,5,7-9,15H,4,6,27-28H2,(H2,26,31)(H,32,33)/b29-9-. The van der Waals surface area contributed by atoms with E-state index in [0.717, 1.165) is 0 Å². The molecule has 0 saturated heterocycles. The smallest absolute Gasteiger partial charge is 0.254 e. The van der Waals surface area contributed by atoms with Crippen LogP contribution in [0.25, 0.3) is 22.5 Å². The van der Waals surface area contributed by atoms with Crippen molar-refractivity contribution in [2.45, 2.75) is 18.9 Å². The number of hydrogen-bond acceptors (Lipinski definition) is 8. The first-order valence-corrected chi connectivity index (χ1v) is 11.4. The monoisotopic (exact) mass is 528 g/mol. The van der Waals surface area contributed by atoms with Gasteiger partial charge in [-0.25, -0.2) is 20.8 Å². The first-order valence-electron chi connectivity index (χ1n) is 10.6. The Kier molecular flexibility index (Phi) is 6.08. The number of nitrogen functional groups attached to an aromatic ring is 1. The third-order valence-corrected chi connectivity index (χ3v) is 6.31. The van der Waals surface area contributed by atoms with E-state index >= 15 is 0 Å². The molecular weight excluding hydrogens is 510 g/mol. The minimum Gasteiger partial charge on any atom is -0.384 e. The van der Waals surface area contributed by atoms with Crippen molar-refractivity contribution < 1.29 is 4.39 Å². The zero-order valence-electron chi connectivity index (χ0n) is 18.5. The molecule has 1 aromatic carbocycles. The summed E-state index contributed by atoms with van der Waals surface area (Å²) in [5, 5.41) is 5.20. The minimum absolute atomic E-state index is 0.0391. The first-order chi connectivity index (χ1) is 17.3. The average molecular weight is 529 g/mol. The van der Waals surface area contributed by atoms with Crippen molar-refractivity contribution in [3.05, 3.63) is 74.5 Å². The summed E-state index contributed by atoms with van der Waals surface area (Å²) in [7, 11) is 0. The highest BCUT2D eigenvalue weighted by Gasteiger charge is 2.30. The zero-order valence-corrected chi connectivity index (χ0v) is 20.0. The van der Waals surface area contributed by atoms with Crippen molar-refractivity contribution in [1.82, 2.24) is 24.5 Å². The minimum atomic E-state index is -0.795. The number of rotatable bonds is 5. The maximum atomic E-state index is 14.4. The summed E-state index contributed by atoms with van der Waals surface area (Å²) in [5.74, 6) is 11.4. The second-order valence-corrected chi connectivity index (χ2v) is 8.83. The van der Waals surface area contributed by atoms with Gasteiger partial charge in [0.25, 0.3) is 5.56 Å². The Hall–Kier alpha value is -4.00. The number of halogens is 3. The molecule has 1 aliphatic heterocycles. The number of pyridine rings is 1. The normalized spacial score (nSPS) is 14.9. The van der Waals surface area contributed by atoms with Crippen LogP contribution in [0.3, 0.4) is 0 Å². The summed E-state index contributed by atoms with van der Waals surface area (Å²) in [6, 6.07) is 8.80. The van der Waals surface area contributed by atoms with Gasteiger partial charge in [0.2, 0.25) is 5.95 Å². The van der Waals surface area contributed by atoms with Crippen LogP contribution in [0.5, 0.6) is 0 Å². The van der Waals surface area contributed by atoms with E-state index in [1.54, 1.807) is 18.2 Å². The summed E-state index contributed by atoms with van der Waals surface area (Å²) >= 11 is 12.5. The number of anilines is 2. The van der Waals surface area contributed by atoms with Crippen molar-refractivity contribution in [3.8, 4) is 22.5 Å². The highest BCUT2D eigenvalue weighted by Crippen LogP contribution is 2.35. The number of aromatic amines is 1. The number of hydrazine groups is 1. The number of fused-ring (bicyclic) bond motifs is 1. The maximum absolute atomic E-state index is 14.4. The molecular formula is C22H19Cl2FN10O. The number of hydrazone groups is 1. The second-order valence-electron chi connectivity index (χ2n) is 8.01. The molecule has 7 N–H and O–H groups in total. The van der Waals surface area contributed by atoms with Crippen molar-refractivity contribution in [2.24, 2.45) is 16.8 Å². The third-order valence-electron chi connectivity index (χ3n) is 5.80. The van der Waals surface area contributed by atoms with Crippen LogP contribution in [-0.4, -0.2) is 30.8 Å². The number of imidazole rings is 1. The Morgan fingerprint density at radius 1 is 1.17 bits per heavy atom. The number of nitrogens with two attached hydrogens (primary N) is 3. The van der Waals surface area contributed by atoms with E-state index in [9.17, 15) is 9.18 Å². The quantitative estimate of drug-likeness (QED) is 0.101. The molecule has 36 heavy (non-hydrogen) atoms. The lowest BCUT2D eigenvalue weighted by Gasteiger charge is -2.18. The van der Waals surface area contributed by atoms with Crippen molar-refractivity contribution >= 4 is 41.0 Å². The fourth-order valence-electron chi connectivity index (χ4n) is 4.24. The Morgan fingerprint density at radius 2 is 1.97 bits per heavy atom. The topological polar surface area (TPSA) is 170 Å². The number of nitrogens with zero attached hydrogens (tertiary/aromatic N) is 6. The molecule has 0 saturated carbocycles. The molecule has 4 heterocycles. The van der Waals surface area contributed by atoms with E-state index in [0.29, 0.717) is 46.5 Å². The summed E-state index contributed by atoms with van der Waals surface area (Å²) in [6.45, 7) is 0. The summed E-state index contributed by atoms with van der Waals surface area (Å²) in [4.78, 5) is 29.0. The predicted molar refractivity (Wildman–Crippen MR) is 136 cm³/mol. The van der Waals surface area contributed by atoms with Gasteiger partial charge in [-0.15, -0.1) is 0 Å². The van der Waals surface area contributed by atoms with Crippen molar-refractivity contribution in [2.75, 3.05) is 10.7 Å². The van der Waals surface area contributed by atoms with Crippen LogP contribution in [0.2, 0.25) is 10.2 Å². The van der Waals surface area contributed by atoms with Crippen LogP contribution in [0.15, 0.2) is 46.3 Å². The Morgan fingerprint density at radius 3 is 2.72 bits per heavy atom. The lowest BCUT2D eigenvalue weighted by atomic mass is 10.1. The van der Waals surface area contributed by atoms with Crippen LogP contribution >= 0.6 is 23.2 Å². The van der Waals surface area contributed by atoms with Crippen molar-refractivity contribution in [1.29, 1.82) is 0 Å². The molecule has 0 fully saturated rings. The zero-order chi connectivity index (χ0) is 25.6. The number of nitrogens with one attached hydrogen (secondary N) is 1. The molecule has 0 aliphatic carbocycles. The van der Waals surface area contributed by atoms with Gasteiger partial charge < -0.3 is 16.6 Å². The number of aromatic nitrogens is 5. The van der Waals surface area contributed by atoms with Gasteiger partial charge in [0.15, 0.2) is 0 Å². The van der Waals surface area contributed by atoms with Gasteiger partial charge in [-0.3, -0.25) is 14.4 Å². The van der Waals surface area contributed by atoms with Gasteiger partial charge in [-0.05, 0) is 36.8 Å². The van der Waals surface area contributed by atoms with Gasteiger partial charge in [0.05, 0.1) is 23.0 Å². The van der Waals surface area contributed by atoms with E-state index in [2.05, 4.69) is 20.1 Å². The summed E-state index contributed by atoms with van der Waals surface area (Å²) < 4.78 is 15.9. The first kappa shape index (κ1) is 23.7. The van der Waals surface area contributed by atoms with Crippen LogP contribution < -0.4 is 28.0 Å². The highest BCUT2D eigenvalue weighted by atomic mass is 35.5. The number of H-pyrrole nitrogens is 1. The van der Waals surface area contributed by atoms with E-state index < -0.39 is 12.0 Å². The molecule has 1 atom stereocenters. The number of hydrogen-bond donors (Lipinski definition) is 4. The molecule has 184 valence electrons. The second kappa shape index (κ2) is 9.22. The lowest BCUT2D eigenvalue weighted by molar-refractivity contribution is 0.567. The average Bonchev–Trinajstić information content (AvgIpc) is 3.43. The fraction of sp³-hybridized carbons (Fsp3) is 0.136. The molecule has 0 spiro atoms. The van der Waals surface area contributed by atoms with Crippen LogP contribution in [0, 0.1) is 5.95 Å². The van der Waals surface area contributed by atoms with E-state index in [1.165, 1.54) is 34.1 Å². The van der Waals surface area contributed by atoms with Crippen LogP contribution in [-0.2, 0) is 6.42 Å². The third kappa shape index (κ3) is 4.15. The molecule has 1 aliphatic rings. The van der Waals surface area contributed by atoms with Gasteiger partial charge in [-0.1, -0.05) is 23.2 Å². The van der Waals surface area contributed by atoms with E-state index in [1.807, 2.05) is 0 Å². The van der Waals surface area contributed by atoms with Crippen LogP contribution in [0.4, 0.5) is 15.9 Å². The van der Waals surface area contributed by atoms with Gasteiger partial charge >= 0.3 is 0 Å². The molecule has 0 amide bonds. The highest BCUT2D eigenvalue weighted by molar-refractivity contribution is 6.32. The molecule has 0 bridgehead atoms. The SMILES string of the molecule is N/N=C\N(N)c1ccc(Cl)cc1-c1cc(=O)n2c(n1)CCC2c1nc(-c2ccc(N)nc2F)c(Cl)[nH]1. The summed E-state index contributed by atoms with van der Waals surface area (Å²) in [5.41, 5.74) is 6.91. The maximum Gasteiger partial charge on any atom is 0.254 e. The summed E-state index contributed by atoms with van der Waals surface area (Å²) in [6.07, 6.45) is 2.25. The molecule has 14 heteroatoms. The van der Waals surface area contributed by atoms with Gasteiger partial charge in [0, 0.05) is 23.1 Å². The van der Waals surface area contributed by atoms with Crippen molar-refractivity contribution in [3.63, 3.8) is 0 Å². The van der Waals surface area contributed by atoms with Gasteiger partial charge in [0.1, 0.15) is 34.7 Å². The molecule has 11 nitrogen and oxygen atoms in total. The fourth-order valence-corrected chi connectivity index (χ4v) is 4.66. The molecule has 4 aromatic rings. The lowest BCUT2D eigenvalue weighted by Crippen LogP contribution is -2.30. The Labute approximate surface area is 213 Å². The largest absolute Gasteiger partial charge is 0.384 e. The molecule has 0 radical (unpaired) electrons. The van der Waals surface area contributed by atoms with E-state index in [4.69, 9.17) is 45.6 Å². The van der Waals surface area contributed by atoms with Gasteiger partial charge in [-0.2, -0.15) is 9.49 Å². The molecule has 1 unspecified atom stereocenters. The number of aryl methyl sites for hydroxylation is 1. The predicted octanol–water partition coefficient (Wildman–Crippen LogP) is 2.84.